The van der Waals surface area contributed by atoms with Crippen molar-refractivity contribution >= 4 is 23.3 Å². The smallest absolute Gasteiger partial charge is 0.338 e. The lowest BCUT2D eigenvalue weighted by molar-refractivity contribution is 0.0482. The first kappa shape index (κ1) is 12.8. The second-order valence-corrected chi connectivity index (χ2v) is 4.08. The molecule has 0 aliphatic rings. The van der Waals surface area contributed by atoms with E-state index in [0.717, 1.165) is 0 Å². The zero-order chi connectivity index (χ0) is 12.1. The largest absolute Gasteiger partial charge is 0.461 e. The van der Waals surface area contributed by atoms with Crippen LogP contribution in [0.25, 0.3) is 0 Å². The first-order valence-electron chi connectivity index (χ1n) is 4.87. The van der Waals surface area contributed by atoms with Crippen LogP contribution in [-0.2, 0) is 4.74 Å². The molecule has 0 aliphatic carbocycles. The molecule has 0 unspecified atom stereocenters. The van der Waals surface area contributed by atoms with Gasteiger partial charge in [-0.05, 0) is 32.3 Å². The van der Waals surface area contributed by atoms with Gasteiger partial charge >= 0.3 is 5.97 Å². The van der Waals surface area contributed by atoms with Crippen LogP contribution in [0.4, 0.5) is 5.69 Å². The lowest BCUT2D eigenvalue weighted by Gasteiger charge is -2.10. The minimum Gasteiger partial charge on any atom is -0.461 e. The molecule has 88 valence electrons. The average Bonchev–Trinajstić information content (AvgIpc) is 2.21. The van der Waals surface area contributed by atoms with Crippen LogP contribution in [0.5, 0.6) is 0 Å². The molecular weight excluding hydrogens is 228 g/mol. The van der Waals surface area contributed by atoms with Gasteiger partial charge in [0.2, 0.25) is 0 Å². The Morgan fingerprint density at radius 1 is 1.50 bits per heavy atom. The van der Waals surface area contributed by atoms with Gasteiger partial charge in [-0.15, -0.1) is 0 Å². The van der Waals surface area contributed by atoms with Crippen LogP contribution in [0.3, 0.4) is 0 Å². The molecule has 0 atom stereocenters. The number of benzene rings is 1. The molecule has 16 heavy (non-hydrogen) atoms. The highest BCUT2D eigenvalue weighted by molar-refractivity contribution is 6.33. The summed E-state index contributed by atoms with van der Waals surface area (Å²) in [5.74, 6) is -0.385. The number of anilines is 1. The first-order valence-corrected chi connectivity index (χ1v) is 5.25. The molecule has 2 N–H and O–H groups in total. The molecule has 1 aromatic rings. The zero-order valence-electron chi connectivity index (χ0n) is 9.37. The van der Waals surface area contributed by atoms with Crippen molar-refractivity contribution in [3.8, 4) is 0 Å². The van der Waals surface area contributed by atoms with Crippen molar-refractivity contribution in [2.75, 3.05) is 33.0 Å². The predicted octanol–water partition coefficient (Wildman–Crippen LogP) is 1.64. The third-order valence-electron chi connectivity index (χ3n) is 2.01. The number of hydrogen-bond acceptors (Lipinski definition) is 4. The van der Waals surface area contributed by atoms with Crippen molar-refractivity contribution in [2.24, 2.45) is 0 Å². The summed E-state index contributed by atoms with van der Waals surface area (Å²) in [5.41, 5.74) is 6.40. The Labute approximate surface area is 99.9 Å². The van der Waals surface area contributed by atoms with Gasteiger partial charge in [0.05, 0.1) is 16.3 Å². The van der Waals surface area contributed by atoms with E-state index in [9.17, 15) is 4.79 Å². The summed E-state index contributed by atoms with van der Waals surface area (Å²) in [6.45, 7) is 1.04. The Bertz CT molecular complexity index is 380. The van der Waals surface area contributed by atoms with Crippen LogP contribution >= 0.6 is 11.6 Å². The van der Waals surface area contributed by atoms with Crippen LogP contribution < -0.4 is 5.73 Å². The van der Waals surface area contributed by atoms with Gasteiger partial charge in [0, 0.05) is 6.54 Å². The van der Waals surface area contributed by atoms with Crippen LogP contribution in [0.15, 0.2) is 18.2 Å². The number of nitrogens with two attached hydrogens (primary N) is 1. The third kappa shape index (κ3) is 3.72. The summed E-state index contributed by atoms with van der Waals surface area (Å²) in [4.78, 5) is 13.5. The van der Waals surface area contributed by atoms with Gasteiger partial charge in [-0.3, -0.25) is 0 Å². The maximum atomic E-state index is 11.5. The number of hydrogen-bond donors (Lipinski definition) is 1. The monoisotopic (exact) mass is 242 g/mol. The van der Waals surface area contributed by atoms with E-state index in [1.54, 1.807) is 12.1 Å². The summed E-state index contributed by atoms with van der Waals surface area (Å²) in [7, 11) is 3.82. The van der Waals surface area contributed by atoms with Gasteiger partial charge in [0.1, 0.15) is 6.61 Å². The fraction of sp³-hybridized carbons (Fsp3) is 0.364. The number of rotatable bonds is 4. The molecule has 0 fully saturated rings. The lowest BCUT2D eigenvalue weighted by atomic mass is 10.2. The van der Waals surface area contributed by atoms with Gasteiger partial charge in [-0.25, -0.2) is 4.79 Å². The quantitative estimate of drug-likeness (QED) is 0.644. The van der Waals surface area contributed by atoms with Gasteiger partial charge in [0.15, 0.2) is 0 Å². The van der Waals surface area contributed by atoms with E-state index in [1.807, 2.05) is 19.0 Å². The standard InChI is InChI=1S/C11H15ClN2O2/c1-14(2)5-6-16-11(15)8-3-4-10(13)9(12)7-8/h3-4,7H,5-6,13H2,1-2H3. The van der Waals surface area contributed by atoms with E-state index in [0.29, 0.717) is 29.4 Å². The molecule has 0 radical (unpaired) electrons. The molecule has 0 saturated carbocycles. The molecule has 0 amide bonds. The van der Waals surface area contributed by atoms with Crippen molar-refractivity contribution in [3.05, 3.63) is 28.8 Å². The highest BCUT2D eigenvalue weighted by Gasteiger charge is 2.08. The second-order valence-electron chi connectivity index (χ2n) is 3.68. The van der Waals surface area contributed by atoms with Crippen molar-refractivity contribution < 1.29 is 9.53 Å². The van der Waals surface area contributed by atoms with E-state index < -0.39 is 0 Å². The number of halogens is 1. The van der Waals surface area contributed by atoms with Gasteiger partial charge < -0.3 is 15.4 Å². The third-order valence-corrected chi connectivity index (χ3v) is 2.34. The maximum Gasteiger partial charge on any atom is 0.338 e. The summed E-state index contributed by atoms with van der Waals surface area (Å²) in [5, 5.41) is 0.363. The Kier molecular flexibility index (Phi) is 4.58. The molecule has 4 nitrogen and oxygen atoms in total. The van der Waals surface area contributed by atoms with E-state index in [4.69, 9.17) is 22.1 Å². The number of nitrogens with zero attached hydrogens (tertiary/aromatic N) is 1. The number of nitrogen functional groups attached to an aromatic ring is 1. The minimum absolute atomic E-state index is 0.355. The van der Waals surface area contributed by atoms with Crippen LogP contribution in [0.2, 0.25) is 5.02 Å². The summed E-state index contributed by atoms with van der Waals surface area (Å²) >= 11 is 5.80. The molecule has 0 saturated heterocycles. The fourth-order valence-corrected chi connectivity index (χ4v) is 1.24. The fourth-order valence-electron chi connectivity index (χ4n) is 1.06. The van der Waals surface area contributed by atoms with E-state index >= 15 is 0 Å². The molecule has 1 aromatic carbocycles. The number of likely N-dealkylation sites (N-methyl/N-ethyl adjacent to an activating group) is 1. The molecule has 0 aromatic heterocycles. The van der Waals surface area contributed by atoms with Crippen molar-refractivity contribution in [1.82, 2.24) is 4.90 Å². The van der Waals surface area contributed by atoms with Crippen molar-refractivity contribution in [2.45, 2.75) is 0 Å². The molecule has 0 heterocycles. The van der Waals surface area contributed by atoms with Crippen LogP contribution in [-0.4, -0.2) is 38.1 Å². The minimum atomic E-state index is -0.385. The average molecular weight is 243 g/mol. The number of esters is 1. The molecule has 1 rings (SSSR count). The SMILES string of the molecule is CN(C)CCOC(=O)c1ccc(N)c(Cl)c1. The van der Waals surface area contributed by atoms with Crippen LogP contribution in [0, 0.1) is 0 Å². The van der Waals surface area contributed by atoms with Gasteiger partial charge in [-0.2, -0.15) is 0 Å². The van der Waals surface area contributed by atoms with E-state index in [1.165, 1.54) is 6.07 Å². The Balaban J connectivity index is 2.56. The Hall–Kier alpha value is -1.26. The summed E-state index contributed by atoms with van der Waals surface area (Å²) < 4.78 is 5.05. The molecule has 0 aliphatic heterocycles. The number of carbonyl (C=O) groups excluding carboxylic acids is 1. The molecular formula is C11H15ClN2O2. The predicted molar refractivity (Wildman–Crippen MR) is 64.7 cm³/mol. The van der Waals surface area contributed by atoms with Gasteiger partial charge in [0.25, 0.3) is 0 Å². The summed E-state index contributed by atoms with van der Waals surface area (Å²) in [6, 6.07) is 4.69. The number of ether oxygens (including phenoxy) is 1. The highest BCUT2D eigenvalue weighted by atomic mass is 35.5. The van der Waals surface area contributed by atoms with E-state index in [2.05, 4.69) is 0 Å². The molecule has 5 heteroatoms. The number of carbonyl (C=O) groups is 1. The molecule has 0 bridgehead atoms. The Morgan fingerprint density at radius 3 is 2.75 bits per heavy atom. The normalized spacial score (nSPS) is 10.5. The first-order chi connectivity index (χ1) is 7.50. The van der Waals surface area contributed by atoms with Crippen molar-refractivity contribution in [3.63, 3.8) is 0 Å². The zero-order valence-corrected chi connectivity index (χ0v) is 10.1. The topological polar surface area (TPSA) is 55.6 Å². The maximum absolute atomic E-state index is 11.5. The van der Waals surface area contributed by atoms with E-state index in [-0.39, 0.29) is 5.97 Å². The highest BCUT2D eigenvalue weighted by Crippen LogP contribution is 2.19. The van der Waals surface area contributed by atoms with Gasteiger partial charge in [-0.1, -0.05) is 11.6 Å². The van der Waals surface area contributed by atoms with Crippen molar-refractivity contribution in [1.29, 1.82) is 0 Å². The Morgan fingerprint density at radius 2 is 2.19 bits per heavy atom. The lowest BCUT2D eigenvalue weighted by Crippen LogP contribution is -2.20. The molecule has 0 spiro atoms. The summed E-state index contributed by atoms with van der Waals surface area (Å²) in [6.07, 6.45) is 0. The second kappa shape index (κ2) is 5.72. The van der Waals surface area contributed by atoms with Crippen LogP contribution in [0.1, 0.15) is 10.4 Å².